The van der Waals surface area contributed by atoms with E-state index in [-0.39, 0.29) is 36.4 Å². The van der Waals surface area contributed by atoms with E-state index < -0.39 is 11.0 Å². The molecular formula is C29H32N4O4S. The van der Waals surface area contributed by atoms with E-state index in [0.717, 1.165) is 29.5 Å². The van der Waals surface area contributed by atoms with Crippen molar-refractivity contribution in [3.8, 4) is 17.0 Å². The third kappa shape index (κ3) is 5.95. The summed E-state index contributed by atoms with van der Waals surface area (Å²) in [5.41, 5.74) is 3.00. The van der Waals surface area contributed by atoms with Gasteiger partial charge in [0.2, 0.25) is 17.7 Å². The quantitative estimate of drug-likeness (QED) is 0.484. The van der Waals surface area contributed by atoms with Crippen LogP contribution in [0.1, 0.15) is 37.3 Å². The van der Waals surface area contributed by atoms with Crippen molar-refractivity contribution in [3.63, 3.8) is 0 Å². The first-order valence-corrected chi connectivity index (χ1v) is 14.1. The maximum atomic E-state index is 13.5. The molecule has 1 saturated heterocycles. The summed E-state index contributed by atoms with van der Waals surface area (Å²) in [6, 6.07) is 21.2. The highest BCUT2D eigenvalue weighted by Gasteiger charge is 2.36. The lowest BCUT2D eigenvalue weighted by atomic mass is 9.85. The van der Waals surface area contributed by atoms with Gasteiger partial charge >= 0.3 is 0 Å². The van der Waals surface area contributed by atoms with Crippen LogP contribution in [0.25, 0.3) is 11.1 Å². The molecule has 8 nitrogen and oxygen atoms in total. The van der Waals surface area contributed by atoms with Gasteiger partial charge in [-0.3, -0.25) is 9.59 Å². The molecule has 9 heteroatoms. The van der Waals surface area contributed by atoms with Crippen LogP contribution in [0.15, 0.2) is 77.8 Å². The predicted molar refractivity (Wildman–Crippen MR) is 145 cm³/mol. The zero-order chi connectivity index (χ0) is 26.5. The molecule has 38 heavy (non-hydrogen) atoms. The molecule has 0 bridgehead atoms. The fraction of sp³-hybridized carbons (Fsp3) is 0.345. The van der Waals surface area contributed by atoms with E-state index in [9.17, 15) is 13.8 Å². The van der Waals surface area contributed by atoms with Crippen LogP contribution >= 0.6 is 0 Å². The van der Waals surface area contributed by atoms with Crippen molar-refractivity contribution in [1.29, 1.82) is 0 Å². The van der Waals surface area contributed by atoms with Crippen LogP contribution in [-0.2, 0) is 20.6 Å². The number of ether oxygens (including phenoxy) is 1. The van der Waals surface area contributed by atoms with Gasteiger partial charge in [0.1, 0.15) is 17.5 Å². The number of hydrogen-bond donors (Lipinski definition) is 2. The van der Waals surface area contributed by atoms with Crippen molar-refractivity contribution in [2.75, 3.05) is 20.2 Å². The molecule has 2 aliphatic rings. The number of pyridine rings is 1. The topological polar surface area (TPSA) is 101 Å². The predicted octanol–water partition coefficient (Wildman–Crippen LogP) is 3.63. The van der Waals surface area contributed by atoms with E-state index in [2.05, 4.69) is 15.0 Å². The Morgan fingerprint density at radius 1 is 1.03 bits per heavy atom. The van der Waals surface area contributed by atoms with Crippen molar-refractivity contribution in [1.82, 2.24) is 19.9 Å². The third-order valence-corrected chi connectivity index (χ3v) is 8.59. The van der Waals surface area contributed by atoms with Gasteiger partial charge in [-0.25, -0.2) is 13.9 Å². The Morgan fingerprint density at radius 2 is 1.76 bits per heavy atom. The molecular weight excluding hydrogens is 500 g/mol. The maximum Gasteiger partial charge on any atom is 0.239 e. The molecule has 1 aliphatic heterocycles. The number of hydrogen-bond acceptors (Lipinski definition) is 5. The summed E-state index contributed by atoms with van der Waals surface area (Å²) in [5, 5.41) is 2.90. The zero-order valence-corrected chi connectivity index (χ0v) is 22.2. The molecule has 0 radical (unpaired) electrons. The van der Waals surface area contributed by atoms with Gasteiger partial charge in [0.15, 0.2) is 0 Å². The second kappa shape index (κ2) is 11.9. The summed E-state index contributed by atoms with van der Waals surface area (Å²) in [6.45, 7) is 0.515. The van der Waals surface area contributed by atoms with E-state index in [1.54, 1.807) is 18.2 Å². The van der Waals surface area contributed by atoms with Gasteiger partial charge in [-0.2, -0.15) is 0 Å². The molecule has 1 aromatic heterocycles. The first-order chi connectivity index (χ1) is 18.5. The number of nitrogens with one attached hydrogen (secondary N) is 2. The van der Waals surface area contributed by atoms with E-state index in [1.807, 2.05) is 66.7 Å². The van der Waals surface area contributed by atoms with Crippen LogP contribution < -0.4 is 14.8 Å². The van der Waals surface area contributed by atoms with Gasteiger partial charge in [0.05, 0.1) is 18.0 Å². The van der Waals surface area contributed by atoms with Crippen LogP contribution in [-0.4, -0.2) is 52.1 Å². The molecule has 1 aliphatic carbocycles. The van der Waals surface area contributed by atoms with E-state index in [0.29, 0.717) is 30.2 Å². The molecule has 2 amide bonds. The van der Waals surface area contributed by atoms with Crippen molar-refractivity contribution >= 4 is 22.8 Å². The molecule has 5 rings (SSSR count). The molecule has 2 heterocycles. The SMILES string of the molecule is COc1cc(-c2ccc(S(=O)NC3CCC(C(=O)N4CC(=O)NCC4c4ccccc4)CC3)cc2)ccn1. The number of carbonyl (C=O) groups excluding carboxylic acids is 2. The van der Waals surface area contributed by atoms with Gasteiger partial charge in [-0.15, -0.1) is 0 Å². The summed E-state index contributed by atoms with van der Waals surface area (Å²) < 4.78 is 21.5. The minimum absolute atomic E-state index is 0.0385. The molecule has 2 aromatic carbocycles. The summed E-state index contributed by atoms with van der Waals surface area (Å²) in [4.78, 5) is 32.2. The first kappa shape index (κ1) is 26.1. The minimum atomic E-state index is -1.35. The van der Waals surface area contributed by atoms with Gasteiger partial charge in [-0.05, 0) is 60.6 Å². The lowest BCUT2D eigenvalue weighted by molar-refractivity contribution is -0.145. The lowest BCUT2D eigenvalue weighted by Crippen LogP contribution is -2.53. The van der Waals surface area contributed by atoms with Crippen LogP contribution in [0.2, 0.25) is 0 Å². The molecule has 2 N–H and O–H groups in total. The highest BCUT2D eigenvalue weighted by molar-refractivity contribution is 7.83. The average Bonchev–Trinajstić information content (AvgIpc) is 2.97. The Hall–Kier alpha value is -3.56. The Kier molecular flexibility index (Phi) is 8.14. The number of rotatable bonds is 7. The van der Waals surface area contributed by atoms with Crippen molar-refractivity contribution in [2.24, 2.45) is 5.92 Å². The smallest absolute Gasteiger partial charge is 0.239 e. The highest BCUT2D eigenvalue weighted by Crippen LogP contribution is 2.31. The number of benzene rings is 2. The number of methoxy groups -OCH3 is 1. The Morgan fingerprint density at radius 3 is 2.47 bits per heavy atom. The number of piperazine rings is 1. The van der Waals surface area contributed by atoms with Gasteiger partial charge in [0.25, 0.3) is 0 Å². The van der Waals surface area contributed by atoms with E-state index >= 15 is 0 Å². The van der Waals surface area contributed by atoms with E-state index in [1.165, 1.54) is 0 Å². The average molecular weight is 533 g/mol. The fourth-order valence-electron chi connectivity index (χ4n) is 5.23. The zero-order valence-electron chi connectivity index (χ0n) is 21.3. The fourth-order valence-corrected chi connectivity index (χ4v) is 6.29. The van der Waals surface area contributed by atoms with Crippen LogP contribution in [0.3, 0.4) is 0 Å². The molecule has 2 atom stereocenters. The highest BCUT2D eigenvalue weighted by atomic mass is 32.2. The molecule has 1 saturated carbocycles. The number of carbonyl (C=O) groups is 2. The lowest BCUT2D eigenvalue weighted by Gasteiger charge is -2.39. The first-order valence-electron chi connectivity index (χ1n) is 12.9. The standard InChI is InChI=1S/C29H32N4O4S/c1-37-28-17-23(15-16-30-28)20-9-13-25(14-10-20)38(36)32-24-11-7-22(8-12-24)29(35)33-19-27(34)31-18-26(33)21-5-3-2-4-6-21/h2-6,9-10,13-17,22,24,26,32H,7-8,11-12,18-19H2,1H3,(H,31,34). The van der Waals surface area contributed by atoms with Crippen molar-refractivity contribution < 1.29 is 18.5 Å². The summed E-state index contributed by atoms with van der Waals surface area (Å²) >= 11 is 0. The normalized spacial score (nSPS) is 22.4. The van der Waals surface area contributed by atoms with Crippen LogP contribution in [0, 0.1) is 5.92 Å². The second-order valence-corrected chi connectivity index (χ2v) is 11.0. The minimum Gasteiger partial charge on any atom is -0.481 e. The molecule has 3 aromatic rings. The number of aromatic nitrogens is 1. The van der Waals surface area contributed by atoms with Crippen molar-refractivity contribution in [3.05, 3.63) is 78.5 Å². The monoisotopic (exact) mass is 532 g/mol. The van der Waals surface area contributed by atoms with Gasteiger partial charge in [0, 0.05) is 30.8 Å². The van der Waals surface area contributed by atoms with Crippen LogP contribution in [0.5, 0.6) is 5.88 Å². The number of amides is 2. The summed E-state index contributed by atoms with van der Waals surface area (Å²) in [7, 11) is 0.236. The van der Waals surface area contributed by atoms with Crippen molar-refractivity contribution in [2.45, 2.75) is 42.7 Å². The Balaban J connectivity index is 1.16. The largest absolute Gasteiger partial charge is 0.481 e. The third-order valence-electron chi connectivity index (χ3n) is 7.35. The maximum absolute atomic E-state index is 13.5. The molecule has 0 spiro atoms. The second-order valence-electron chi connectivity index (χ2n) is 9.74. The molecule has 2 fully saturated rings. The van der Waals surface area contributed by atoms with Gasteiger partial charge < -0.3 is 15.0 Å². The Labute approximate surface area is 225 Å². The number of nitrogens with zero attached hydrogens (tertiary/aromatic N) is 2. The molecule has 2 unspecified atom stereocenters. The van der Waals surface area contributed by atoms with Crippen LogP contribution in [0.4, 0.5) is 0 Å². The van der Waals surface area contributed by atoms with E-state index in [4.69, 9.17) is 4.74 Å². The summed E-state index contributed by atoms with van der Waals surface area (Å²) in [6.07, 6.45) is 4.62. The summed E-state index contributed by atoms with van der Waals surface area (Å²) in [5.74, 6) is 0.335. The Bertz CT molecular complexity index is 1290. The molecule has 198 valence electrons. The van der Waals surface area contributed by atoms with Gasteiger partial charge in [-0.1, -0.05) is 42.5 Å².